The molecule has 0 bridgehead atoms. The van der Waals surface area contributed by atoms with Crippen LogP contribution in [0.2, 0.25) is 0 Å². The van der Waals surface area contributed by atoms with E-state index in [2.05, 4.69) is 37.1 Å². The molecule has 192 valence electrons. The summed E-state index contributed by atoms with van der Waals surface area (Å²) in [5, 5.41) is 5.95. The van der Waals surface area contributed by atoms with Gasteiger partial charge in [0.15, 0.2) is 11.5 Å². The van der Waals surface area contributed by atoms with Crippen molar-refractivity contribution in [2.24, 2.45) is 5.73 Å². The number of benzene rings is 1. The van der Waals surface area contributed by atoms with Crippen molar-refractivity contribution >= 4 is 22.8 Å². The van der Waals surface area contributed by atoms with Crippen molar-refractivity contribution in [1.29, 1.82) is 0 Å². The molecular weight excluding hydrogens is 491 g/mol. The van der Waals surface area contributed by atoms with E-state index in [-0.39, 0.29) is 40.5 Å². The van der Waals surface area contributed by atoms with Gasteiger partial charge in [0.25, 0.3) is 5.91 Å². The third-order valence-electron chi connectivity index (χ3n) is 5.25. The van der Waals surface area contributed by atoms with Crippen LogP contribution in [0.4, 0.5) is 19.1 Å². The largest absolute Gasteiger partial charge is 0.494 e. The van der Waals surface area contributed by atoms with Crippen LogP contribution in [0.1, 0.15) is 28.0 Å². The van der Waals surface area contributed by atoms with Gasteiger partial charge >= 0.3 is 6.18 Å². The zero-order chi connectivity index (χ0) is 26.6. The number of nitrogens with one attached hydrogen (secondary N) is 2. The van der Waals surface area contributed by atoms with Crippen molar-refractivity contribution in [2.45, 2.75) is 12.2 Å². The molecule has 0 saturated heterocycles. The lowest BCUT2D eigenvalue weighted by molar-refractivity contribution is -0.140. The maximum Gasteiger partial charge on any atom is 0.433 e. The minimum absolute atomic E-state index is 0.0255. The van der Waals surface area contributed by atoms with E-state index in [9.17, 15) is 18.0 Å². The number of anilines is 1. The molecule has 0 fully saturated rings. The van der Waals surface area contributed by atoms with Gasteiger partial charge in [0.2, 0.25) is 11.8 Å². The molecule has 0 unspecified atom stereocenters. The van der Waals surface area contributed by atoms with Crippen LogP contribution >= 0.6 is 0 Å². The van der Waals surface area contributed by atoms with Crippen LogP contribution < -0.4 is 21.1 Å². The number of hydrogen-bond acceptors (Lipinski definition) is 9. The van der Waals surface area contributed by atoms with Gasteiger partial charge in [0.1, 0.15) is 17.0 Å². The van der Waals surface area contributed by atoms with Gasteiger partial charge in [-0.25, -0.2) is 19.9 Å². The highest BCUT2D eigenvalue weighted by molar-refractivity contribution is 5.98. The molecule has 4 aromatic rings. The number of nitrogens with zero attached hydrogens (tertiary/aromatic N) is 4. The Morgan fingerprint density at radius 3 is 2.62 bits per heavy atom. The average molecular weight is 513 g/mol. The van der Waals surface area contributed by atoms with E-state index >= 15 is 0 Å². The SMILES string of the molecule is C=C[C@H](N)c1oc(-c2ccc(OC)c3nc(C(F)(F)F)ccc23)nc1C(=O)NCCNc1ncccn1. The van der Waals surface area contributed by atoms with Crippen LogP contribution in [-0.4, -0.2) is 46.0 Å². The molecule has 1 aromatic carbocycles. The number of pyridine rings is 1. The number of ether oxygens (including phenoxy) is 1. The van der Waals surface area contributed by atoms with E-state index in [1.54, 1.807) is 24.5 Å². The van der Waals surface area contributed by atoms with E-state index in [1.807, 2.05) is 0 Å². The first-order valence-corrected chi connectivity index (χ1v) is 11.0. The van der Waals surface area contributed by atoms with Gasteiger partial charge < -0.3 is 25.5 Å². The van der Waals surface area contributed by atoms with Crippen LogP contribution in [0.25, 0.3) is 22.4 Å². The number of oxazole rings is 1. The summed E-state index contributed by atoms with van der Waals surface area (Å²) in [6.45, 7) is 4.17. The molecule has 10 nitrogen and oxygen atoms in total. The smallest absolute Gasteiger partial charge is 0.433 e. The molecule has 0 aliphatic heterocycles. The Kier molecular flexibility index (Phi) is 7.34. The van der Waals surface area contributed by atoms with Crippen molar-refractivity contribution in [2.75, 3.05) is 25.5 Å². The van der Waals surface area contributed by atoms with Crippen LogP contribution in [0, 0.1) is 0 Å². The first-order valence-electron chi connectivity index (χ1n) is 11.0. The van der Waals surface area contributed by atoms with E-state index < -0.39 is 23.8 Å². The number of amides is 1. The molecule has 0 saturated carbocycles. The third-order valence-corrected chi connectivity index (χ3v) is 5.25. The first kappa shape index (κ1) is 25.6. The standard InChI is InChI=1S/C24H22F3N7O3/c1-3-15(28)20-19(21(35)29-11-12-32-23-30-9-4-10-31-23)34-22(37-20)14-5-7-16(36-2)18-13(14)6-8-17(33-18)24(25,26)27/h3-10,15H,1,11-12,28H2,2H3,(H,29,35)(H,30,31,32)/t15-/m0/s1. The zero-order valence-corrected chi connectivity index (χ0v) is 19.5. The topological polar surface area (TPSA) is 141 Å². The van der Waals surface area contributed by atoms with Crippen molar-refractivity contribution in [3.63, 3.8) is 0 Å². The summed E-state index contributed by atoms with van der Waals surface area (Å²) >= 11 is 0. The predicted molar refractivity (Wildman–Crippen MR) is 129 cm³/mol. The number of rotatable bonds is 9. The molecule has 0 radical (unpaired) electrons. The molecule has 3 heterocycles. The predicted octanol–water partition coefficient (Wildman–Crippen LogP) is 3.73. The highest BCUT2D eigenvalue weighted by Crippen LogP contribution is 2.37. The normalized spacial score (nSPS) is 12.2. The maximum atomic E-state index is 13.3. The number of fused-ring (bicyclic) bond motifs is 1. The Morgan fingerprint density at radius 1 is 1.19 bits per heavy atom. The monoisotopic (exact) mass is 513 g/mol. The van der Waals surface area contributed by atoms with E-state index in [0.29, 0.717) is 18.1 Å². The fourth-order valence-corrected chi connectivity index (χ4v) is 3.47. The Hall–Kier alpha value is -4.52. The van der Waals surface area contributed by atoms with Crippen molar-refractivity contribution in [1.82, 2.24) is 25.3 Å². The van der Waals surface area contributed by atoms with E-state index in [1.165, 1.54) is 25.3 Å². The highest BCUT2D eigenvalue weighted by atomic mass is 19.4. The van der Waals surface area contributed by atoms with Crippen molar-refractivity contribution in [3.8, 4) is 17.2 Å². The first-order chi connectivity index (χ1) is 17.7. The zero-order valence-electron chi connectivity index (χ0n) is 19.5. The minimum atomic E-state index is -4.64. The van der Waals surface area contributed by atoms with Gasteiger partial charge in [-0.1, -0.05) is 6.08 Å². The summed E-state index contributed by atoms with van der Waals surface area (Å²) < 4.78 is 50.8. The lowest BCUT2D eigenvalue weighted by atomic mass is 10.1. The maximum absolute atomic E-state index is 13.3. The molecule has 4 N–H and O–H groups in total. The summed E-state index contributed by atoms with van der Waals surface area (Å²) in [6, 6.07) is 5.91. The number of alkyl halides is 3. The Morgan fingerprint density at radius 2 is 1.95 bits per heavy atom. The van der Waals surface area contributed by atoms with Gasteiger partial charge in [-0.05, 0) is 30.3 Å². The number of aromatic nitrogens is 4. The molecule has 1 atom stereocenters. The quantitative estimate of drug-likeness (QED) is 0.225. The molecule has 0 aliphatic rings. The lowest BCUT2D eigenvalue weighted by Crippen LogP contribution is -2.30. The van der Waals surface area contributed by atoms with Crippen LogP contribution in [0.3, 0.4) is 0 Å². The van der Waals surface area contributed by atoms with Crippen LogP contribution in [0.5, 0.6) is 5.75 Å². The van der Waals surface area contributed by atoms with Crippen LogP contribution in [-0.2, 0) is 6.18 Å². The summed E-state index contributed by atoms with van der Waals surface area (Å²) in [6.07, 6.45) is -0.111. The number of nitrogens with two attached hydrogens (primary N) is 1. The Balaban J connectivity index is 1.65. The summed E-state index contributed by atoms with van der Waals surface area (Å²) in [4.78, 5) is 29.0. The number of carbonyl (C=O) groups is 1. The summed E-state index contributed by atoms with van der Waals surface area (Å²) in [5.74, 6) is -0.00246. The average Bonchev–Trinajstić information content (AvgIpc) is 3.35. The number of halogens is 3. The van der Waals surface area contributed by atoms with Gasteiger partial charge in [-0.15, -0.1) is 6.58 Å². The lowest BCUT2D eigenvalue weighted by Gasteiger charge is -2.11. The van der Waals surface area contributed by atoms with Crippen molar-refractivity contribution in [3.05, 3.63) is 72.5 Å². The molecule has 0 spiro atoms. The second-order valence-corrected chi connectivity index (χ2v) is 7.65. The van der Waals surface area contributed by atoms with Crippen molar-refractivity contribution < 1.29 is 27.1 Å². The summed E-state index contributed by atoms with van der Waals surface area (Å²) in [7, 11) is 1.32. The molecule has 13 heteroatoms. The van der Waals surface area contributed by atoms with E-state index in [0.717, 1.165) is 6.07 Å². The molecule has 0 aliphatic carbocycles. The molecule has 4 rings (SSSR count). The van der Waals surface area contributed by atoms with Gasteiger partial charge in [-0.2, -0.15) is 13.2 Å². The molecular formula is C24H22F3N7O3. The number of carbonyl (C=O) groups excluding carboxylic acids is 1. The molecule has 3 aromatic heterocycles. The fraction of sp³-hybridized carbons (Fsp3) is 0.208. The van der Waals surface area contributed by atoms with Crippen LogP contribution in [0.15, 0.2) is 59.8 Å². The second kappa shape index (κ2) is 10.6. The van der Waals surface area contributed by atoms with Gasteiger partial charge in [0, 0.05) is 36.4 Å². The Bertz CT molecular complexity index is 1420. The van der Waals surface area contributed by atoms with Gasteiger partial charge in [-0.3, -0.25) is 4.79 Å². The number of methoxy groups -OCH3 is 1. The molecule has 1 amide bonds. The molecule has 37 heavy (non-hydrogen) atoms. The fourth-order valence-electron chi connectivity index (χ4n) is 3.47. The van der Waals surface area contributed by atoms with Gasteiger partial charge in [0.05, 0.1) is 13.2 Å². The third kappa shape index (κ3) is 5.51. The summed E-state index contributed by atoms with van der Waals surface area (Å²) in [5.41, 5.74) is 5.17. The minimum Gasteiger partial charge on any atom is -0.494 e. The highest BCUT2D eigenvalue weighted by Gasteiger charge is 2.33. The Labute approximate surface area is 208 Å². The van der Waals surface area contributed by atoms with E-state index in [4.69, 9.17) is 14.9 Å². The second-order valence-electron chi connectivity index (χ2n) is 7.65. The number of hydrogen-bond donors (Lipinski definition) is 3.